The van der Waals surface area contributed by atoms with Gasteiger partial charge in [0.15, 0.2) is 9.84 Å². The van der Waals surface area contributed by atoms with Crippen molar-refractivity contribution >= 4 is 15.7 Å². The molecule has 3 heterocycles. The zero-order valence-corrected chi connectivity index (χ0v) is 12.9. The number of hydrogen-bond donors (Lipinski definition) is 1. The van der Waals surface area contributed by atoms with Crippen molar-refractivity contribution in [1.29, 1.82) is 0 Å². The van der Waals surface area contributed by atoms with Gasteiger partial charge in [-0.25, -0.2) is 8.42 Å². The summed E-state index contributed by atoms with van der Waals surface area (Å²) in [5.41, 5.74) is 1.18. The summed E-state index contributed by atoms with van der Waals surface area (Å²) < 4.78 is 23.5. The standard InChI is InChI=1S/C14H16N4O3S/c1-22(20,21)12-8-16-17-13(12)11-4-7-18(9-11)14(19)10-2-5-15-6-3-10/h2-3,5-6,8,11H,4,7,9H2,1H3,(H,16,17). The van der Waals surface area contributed by atoms with Gasteiger partial charge in [0.25, 0.3) is 5.91 Å². The van der Waals surface area contributed by atoms with Crippen molar-refractivity contribution in [2.75, 3.05) is 19.3 Å². The number of aromatic amines is 1. The van der Waals surface area contributed by atoms with Crippen LogP contribution in [0.3, 0.4) is 0 Å². The molecule has 3 rings (SSSR count). The molecule has 1 aliphatic rings. The molecule has 0 radical (unpaired) electrons. The Morgan fingerprint density at radius 1 is 1.36 bits per heavy atom. The van der Waals surface area contributed by atoms with E-state index in [1.54, 1.807) is 29.4 Å². The highest BCUT2D eigenvalue weighted by atomic mass is 32.2. The molecule has 0 saturated carbocycles. The lowest BCUT2D eigenvalue weighted by molar-refractivity contribution is 0.0790. The van der Waals surface area contributed by atoms with Gasteiger partial charge in [-0.1, -0.05) is 0 Å². The molecule has 0 bridgehead atoms. The Balaban J connectivity index is 1.79. The lowest BCUT2D eigenvalue weighted by Gasteiger charge is -2.16. The largest absolute Gasteiger partial charge is 0.338 e. The van der Waals surface area contributed by atoms with E-state index >= 15 is 0 Å². The Hall–Kier alpha value is -2.22. The van der Waals surface area contributed by atoms with Crippen molar-refractivity contribution in [2.45, 2.75) is 17.2 Å². The number of carbonyl (C=O) groups excluding carboxylic acids is 1. The van der Waals surface area contributed by atoms with Crippen molar-refractivity contribution in [3.05, 3.63) is 42.0 Å². The molecule has 7 nitrogen and oxygen atoms in total. The minimum absolute atomic E-state index is 0.0435. The third kappa shape index (κ3) is 2.74. The summed E-state index contributed by atoms with van der Waals surface area (Å²) in [4.78, 5) is 18.2. The number of carbonyl (C=O) groups is 1. The van der Waals surface area contributed by atoms with Gasteiger partial charge < -0.3 is 4.90 Å². The lowest BCUT2D eigenvalue weighted by Crippen LogP contribution is -2.28. The molecule has 116 valence electrons. The number of likely N-dealkylation sites (tertiary alicyclic amines) is 1. The van der Waals surface area contributed by atoms with Gasteiger partial charge in [-0.2, -0.15) is 5.10 Å². The molecule has 1 saturated heterocycles. The summed E-state index contributed by atoms with van der Waals surface area (Å²) in [7, 11) is -3.32. The average Bonchev–Trinajstić information content (AvgIpc) is 3.15. The number of aromatic nitrogens is 3. The topological polar surface area (TPSA) is 96.0 Å². The zero-order chi connectivity index (χ0) is 15.7. The van der Waals surface area contributed by atoms with Crippen molar-refractivity contribution in [3.8, 4) is 0 Å². The first-order valence-corrected chi connectivity index (χ1v) is 8.78. The number of pyridine rings is 1. The van der Waals surface area contributed by atoms with Crippen LogP contribution in [0.2, 0.25) is 0 Å². The van der Waals surface area contributed by atoms with Crippen LogP contribution in [0.1, 0.15) is 28.4 Å². The fourth-order valence-corrected chi connectivity index (χ4v) is 3.59. The van der Waals surface area contributed by atoms with Crippen LogP contribution in [0.5, 0.6) is 0 Å². The molecule has 0 aliphatic carbocycles. The molecule has 1 aliphatic heterocycles. The number of H-pyrrole nitrogens is 1. The van der Waals surface area contributed by atoms with Crippen LogP contribution in [0, 0.1) is 0 Å². The van der Waals surface area contributed by atoms with Crippen LogP contribution < -0.4 is 0 Å². The van der Waals surface area contributed by atoms with E-state index in [2.05, 4.69) is 15.2 Å². The van der Waals surface area contributed by atoms with Gasteiger partial charge in [0.2, 0.25) is 0 Å². The molecule has 2 aromatic heterocycles. The molecular formula is C14H16N4O3S. The van der Waals surface area contributed by atoms with Crippen LogP contribution in [0.15, 0.2) is 35.6 Å². The first-order valence-electron chi connectivity index (χ1n) is 6.89. The lowest BCUT2D eigenvalue weighted by atomic mass is 10.1. The fraction of sp³-hybridized carbons (Fsp3) is 0.357. The second-order valence-electron chi connectivity index (χ2n) is 5.39. The SMILES string of the molecule is CS(=O)(=O)c1cn[nH]c1C1CCN(C(=O)c2ccncc2)C1. The van der Waals surface area contributed by atoms with Gasteiger partial charge in [0, 0.05) is 43.2 Å². The molecule has 1 fully saturated rings. The van der Waals surface area contributed by atoms with Gasteiger partial charge >= 0.3 is 0 Å². The molecule has 8 heteroatoms. The van der Waals surface area contributed by atoms with Gasteiger partial charge in [-0.05, 0) is 18.6 Å². The molecule has 22 heavy (non-hydrogen) atoms. The van der Waals surface area contributed by atoms with E-state index in [0.717, 1.165) is 6.26 Å². The van der Waals surface area contributed by atoms with E-state index in [-0.39, 0.29) is 16.7 Å². The Morgan fingerprint density at radius 3 is 2.77 bits per heavy atom. The Bertz CT molecular complexity index is 785. The first-order chi connectivity index (χ1) is 10.5. The maximum Gasteiger partial charge on any atom is 0.253 e. The molecule has 1 amide bonds. The number of rotatable bonds is 3. The van der Waals surface area contributed by atoms with E-state index < -0.39 is 9.84 Å². The van der Waals surface area contributed by atoms with Crippen LogP contribution >= 0.6 is 0 Å². The number of nitrogens with one attached hydrogen (secondary N) is 1. The quantitative estimate of drug-likeness (QED) is 0.904. The summed E-state index contributed by atoms with van der Waals surface area (Å²) in [6, 6.07) is 3.35. The minimum atomic E-state index is -3.32. The van der Waals surface area contributed by atoms with E-state index in [1.165, 1.54) is 6.20 Å². The van der Waals surface area contributed by atoms with Gasteiger partial charge in [0.1, 0.15) is 4.90 Å². The van der Waals surface area contributed by atoms with E-state index in [0.29, 0.717) is 30.8 Å². The summed E-state index contributed by atoms with van der Waals surface area (Å²) in [6.07, 6.45) is 6.37. The number of amides is 1. The number of nitrogens with zero attached hydrogens (tertiary/aromatic N) is 3. The number of sulfone groups is 1. The number of hydrogen-bond acceptors (Lipinski definition) is 5. The molecule has 1 atom stereocenters. The second-order valence-corrected chi connectivity index (χ2v) is 7.38. The first kappa shape index (κ1) is 14.7. The maximum absolute atomic E-state index is 12.4. The van der Waals surface area contributed by atoms with Gasteiger partial charge in [-0.3, -0.25) is 14.9 Å². The van der Waals surface area contributed by atoms with Crippen molar-refractivity contribution in [3.63, 3.8) is 0 Å². The molecule has 0 aromatic carbocycles. The Labute approximate surface area is 128 Å². The molecule has 1 N–H and O–H groups in total. The van der Waals surface area contributed by atoms with E-state index in [4.69, 9.17) is 0 Å². The summed E-state index contributed by atoms with van der Waals surface area (Å²) >= 11 is 0. The molecule has 1 unspecified atom stereocenters. The van der Waals surface area contributed by atoms with Crippen molar-refractivity contribution in [1.82, 2.24) is 20.1 Å². The van der Waals surface area contributed by atoms with Crippen LogP contribution in [-0.4, -0.2) is 53.8 Å². The summed E-state index contributed by atoms with van der Waals surface area (Å²) in [5, 5.41) is 6.62. The van der Waals surface area contributed by atoms with E-state index in [9.17, 15) is 13.2 Å². The maximum atomic E-state index is 12.4. The Morgan fingerprint density at radius 2 is 2.09 bits per heavy atom. The van der Waals surface area contributed by atoms with Crippen molar-refractivity contribution < 1.29 is 13.2 Å². The predicted octanol–water partition coefficient (Wildman–Crippen LogP) is 0.838. The van der Waals surface area contributed by atoms with E-state index in [1.807, 2.05) is 0 Å². The highest BCUT2D eigenvalue weighted by Gasteiger charge is 2.32. The summed E-state index contributed by atoms with van der Waals surface area (Å²) in [5.74, 6) is -0.108. The third-order valence-corrected chi connectivity index (χ3v) is 4.97. The van der Waals surface area contributed by atoms with Gasteiger partial charge in [-0.15, -0.1) is 0 Å². The monoisotopic (exact) mass is 320 g/mol. The van der Waals surface area contributed by atoms with Crippen molar-refractivity contribution in [2.24, 2.45) is 0 Å². The minimum Gasteiger partial charge on any atom is -0.338 e. The van der Waals surface area contributed by atoms with Crippen LogP contribution in [0.4, 0.5) is 0 Å². The second kappa shape index (κ2) is 5.53. The molecule has 2 aromatic rings. The predicted molar refractivity (Wildman–Crippen MR) is 79.2 cm³/mol. The molecular weight excluding hydrogens is 304 g/mol. The van der Waals surface area contributed by atoms with Crippen LogP contribution in [-0.2, 0) is 9.84 Å². The fourth-order valence-electron chi connectivity index (χ4n) is 2.73. The third-order valence-electron chi connectivity index (χ3n) is 3.84. The van der Waals surface area contributed by atoms with Crippen LogP contribution in [0.25, 0.3) is 0 Å². The highest BCUT2D eigenvalue weighted by Crippen LogP contribution is 2.30. The smallest absolute Gasteiger partial charge is 0.253 e. The Kier molecular flexibility index (Phi) is 3.69. The zero-order valence-electron chi connectivity index (χ0n) is 12.1. The highest BCUT2D eigenvalue weighted by molar-refractivity contribution is 7.90. The van der Waals surface area contributed by atoms with Gasteiger partial charge in [0.05, 0.1) is 11.9 Å². The molecule has 0 spiro atoms. The average molecular weight is 320 g/mol. The normalized spacial score (nSPS) is 18.6. The summed E-state index contributed by atoms with van der Waals surface area (Å²) in [6.45, 7) is 1.07.